The van der Waals surface area contributed by atoms with Crippen molar-refractivity contribution in [1.29, 1.82) is 0 Å². The zero-order valence-electron chi connectivity index (χ0n) is 7.63. The van der Waals surface area contributed by atoms with E-state index in [-0.39, 0.29) is 51.4 Å². The molecule has 0 aliphatic heterocycles. The van der Waals surface area contributed by atoms with Crippen LogP contribution in [-0.2, 0) is 0 Å². The first kappa shape index (κ1) is 15.2. The Labute approximate surface area is 130 Å². The van der Waals surface area contributed by atoms with Crippen molar-refractivity contribution in [3.63, 3.8) is 0 Å². The van der Waals surface area contributed by atoms with Gasteiger partial charge in [0.15, 0.2) is 4.34 Å². The molecule has 0 fully saturated rings. The molecule has 0 unspecified atom stereocenters. The van der Waals surface area contributed by atoms with E-state index in [0.717, 1.165) is 11.3 Å². The van der Waals surface area contributed by atoms with Crippen LogP contribution in [-0.4, -0.2) is 29.9 Å². The second-order valence-electron chi connectivity index (χ2n) is 2.14. The molecule has 14 heavy (non-hydrogen) atoms. The van der Waals surface area contributed by atoms with Crippen molar-refractivity contribution in [3.05, 3.63) is 0 Å². The van der Waals surface area contributed by atoms with E-state index in [1.165, 1.54) is 0 Å². The molecule has 0 radical (unpaired) electrons. The first-order valence-electron chi connectivity index (χ1n) is 3.36. The maximum absolute atomic E-state index is 11.8. The van der Waals surface area contributed by atoms with E-state index in [1.807, 2.05) is 0 Å². The maximum Gasteiger partial charge on any atom is 1.00 e. The molecule has 1 aromatic heterocycles. The van der Waals surface area contributed by atoms with Crippen LogP contribution in [0.25, 0.3) is 0 Å². The van der Waals surface area contributed by atoms with Gasteiger partial charge in [0.25, 0.3) is 0 Å². The normalized spacial score (nSPS) is 10.9. The van der Waals surface area contributed by atoms with Crippen LogP contribution >= 0.6 is 23.1 Å². The summed E-state index contributed by atoms with van der Waals surface area (Å²) in [6.45, 7) is -4.74. The summed E-state index contributed by atoms with van der Waals surface area (Å²) in [5.41, 5.74) is -0.863. The fourth-order valence-corrected chi connectivity index (χ4v) is 2.07. The van der Waals surface area contributed by atoms with Crippen molar-refractivity contribution in [1.82, 2.24) is 10.2 Å². The number of thioether (sulfide) groups is 1. The van der Waals surface area contributed by atoms with Crippen molar-refractivity contribution in [2.45, 2.75) is 4.34 Å². The average Bonchev–Trinajstić information content (AvgIpc) is 2.47. The van der Waals surface area contributed by atoms with E-state index in [1.54, 1.807) is 7.05 Å². The molecule has 1 aromatic rings. The topological polar surface area (TPSA) is 37.8 Å². The van der Waals surface area contributed by atoms with Gasteiger partial charge in [-0.3, -0.25) is 0 Å². The molecular weight excluding hydrogens is 261 g/mol. The minimum absolute atomic E-state index is 0. The number of halogens is 3. The summed E-state index contributed by atoms with van der Waals surface area (Å²) >= 11 is 1.78. The fourth-order valence-electron chi connectivity index (χ4n) is 0.535. The van der Waals surface area contributed by atoms with Crippen LogP contribution in [0.3, 0.4) is 0 Å². The summed E-state index contributed by atoms with van der Waals surface area (Å²) in [5.74, 6) is 0. The Morgan fingerprint density at radius 3 is 2.50 bits per heavy atom. The smallest absolute Gasteiger partial charge is 0.448 e. The van der Waals surface area contributed by atoms with Crippen LogP contribution in [0.4, 0.5) is 18.1 Å². The van der Waals surface area contributed by atoms with Crippen LogP contribution < -0.4 is 56.7 Å². The molecule has 0 saturated carbocycles. The summed E-state index contributed by atoms with van der Waals surface area (Å²) in [4.78, 5) is 0. The SMILES string of the molecule is CNc1nnc(SC[B-](F)(F)F)s1.[K+]. The Kier molecular flexibility index (Phi) is 7.29. The molecule has 0 saturated heterocycles. The van der Waals surface area contributed by atoms with Crippen LogP contribution in [0.1, 0.15) is 0 Å². The van der Waals surface area contributed by atoms with E-state index >= 15 is 0 Å². The van der Waals surface area contributed by atoms with Gasteiger partial charge < -0.3 is 18.3 Å². The van der Waals surface area contributed by atoms with Crippen LogP contribution in [0.2, 0.25) is 0 Å². The minimum atomic E-state index is -4.74. The second kappa shape index (κ2) is 6.71. The molecule has 0 amide bonds. The third-order valence-corrected chi connectivity index (χ3v) is 3.23. The molecule has 3 nitrogen and oxygen atoms in total. The van der Waals surface area contributed by atoms with E-state index < -0.39 is 12.6 Å². The van der Waals surface area contributed by atoms with Gasteiger partial charge in [-0.05, 0) is 5.65 Å². The van der Waals surface area contributed by atoms with E-state index in [9.17, 15) is 12.9 Å². The van der Waals surface area contributed by atoms with Crippen molar-refractivity contribution in [2.75, 3.05) is 18.0 Å². The van der Waals surface area contributed by atoms with Gasteiger partial charge >= 0.3 is 58.4 Å². The van der Waals surface area contributed by atoms with Gasteiger partial charge in [0.1, 0.15) is 0 Å². The zero-order valence-corrected chi connectivity index (χ0v) is 12.4. The zero-order chi connectivity index (χ0) is 9.90. The van der Waals surface area contributed by atoms with Crippen molar-refractivity contribution in [2.24, 2.45) is 0 Å². The summed E-state index contributed by atoms with van der Waals surface area (Å²) in [6, 6.07) is 0. The van der Waals surface area contributed by atoms with Crippen molar-refractivity contribution >= 4 is 35.2 Å². The number of nitrogens with one attached hydrogen (secondary N) is 1. The summed E-state index contributed by atoms with van der Waals surface area (Å²) in [6.07, 6.45) is 0. The molecule has 1 rings (SSSR count). The third-order valence-electron chi connectivity index (χ3n) is 1.02. The molecule has 1 heterocycles. The molecule has 74 valence electrons. The predicted molar refractivity (Wildman–Crippen MR) is 49.3 cm³/mol. The van der Waals surface area contributed by atoms with Gasteiger partial charge in [0.2, 0.25) is 5.13 Å². The Morgan fingerprint density at radius 1 is 1.43 bits per heavy atom. The Bertz CT molecular complexity index is 281. The van der Waals surface area contributed by atoms with Crippen molar-refractivity contribution in [3.8, 4) is 0 Å². The van der Waals surface area contributed by atoms with E-state index in [2.05, 4.69) is 15.5 Å². The third kappa shape index (κ3) is 5.93. The van der Waals surface area contributed by atoms with Gasteiger partial charge in [-0.1, -0.05) is 11.3 Å². The number of aromatic nitrogens is 2. The molecule has 0 bridgehead atoms. The first-order chi connectivity index (χ1) is 6.01. The molecule has 0 aromatic carbocycles. The van der Waals surface area contributed by atoms with Crippen molar-refractivity contribution < 1.29 is 64.3 Å². The number of nitrogens with zero attached hydrogens (tertiary/aromatic N) is 2. The maximum atomic E-state index is 11.8. The van der Waals surface area contributed by atoms with E-state index in [0.29, 0.717) is 21.2 Å². The molecule has 1 N–H and O–H groups in total. The van der Waals surface area contributed by atoms with Crippen LogP contribution in [0.5, 0.6) is 0 Å². The largest absolute Gasteiger partial charge is 1.00 e. The first-order valence-corrected chi connectivity index (χ1v) is 5.16. The predicted octanol–water partition coefficient (Wildman–Crippen LogP) is -0.938. The van der Waals surface area contributed by atoms with Gasteiger partial charge in [-0.2, -0.15) is 0 Å². The molecular formula is C4H6BF3KN3S2. The average molecular weight is 267 g/mol. The summed E-state index contributed by atoms with van der Waals surface area (Å²) < 4.78 is 35.8. The molecule has 0 atom stereocenters. The van der Waals surface area contributed by atoms with Gasteiger partial charge in [-0.15, -0.1) is 22.0 Å². The van der Waals surface area contributed by atoms with Crippen LogP contribution in [0.15, 0.2) is 4.34 Å². The standard InChI is InChI=1S/C4H6BF3N3S2.K/c1-9-3-10-11-4(13-3)12-2-5(6,7)8;/h2H2,1H3,(H,9,10);/q-1;+1. The molecule has 0 aliphatic carbocycles. The Balaban J connectivity index is 0.00000169. The van der Waals surface area contributed by atoms with Gasteiger partial charge in [0, 0.05) is 7.05 Å². The second-order valence-corrected chi connectivity index (χ2v) is 4.39. The Morgan fingerprint density at radius 2 is 2.07 bits per heavy atom. The number of anilines is 1. The van der Waals surface area contributed by atoms with Gasteiger partial charge in [-0.25, -0.2) is 0 Å². The monoisotopic (exact) mass is 267 g/mol. The minimum Gasteiger partial charge on any atom is -0.448 e. The Hall–Kier alpha value is 1.20. The molecule has 0 aliphatic rings. The number of hydrogen-bond donors (Lipinski definition) is 1. The summed E-state index contributed by atoms with van der Waals surface area (Å²) in [7, 11) is 1.64. The van der Waals surface area contributed by atoms with E-state index in [4.69, 9.17) is 0 Å². The number of rotatable bonds is 4. The quantitative estimate of drug-likeness (QED) is 0.564. The number of hydrogen-bond acceptors (Lipinski definition) is 5. The summed E-state index contributed by atoms with van der Waals surface area (Å²) in [5, 5.41) is 10.4. The molecule has 10 heteroatoms. The van der Waals surface area contributed by atoms with Crippen LogP contribution in [0, 0.1) is 0 Å². The van der Waals surface area contributed by atoms with Gasteiger partial charge in [0.05, 0.1) is 0 Å². The fraction of sp³-hybridized carbons (Fsp3) is 0.500. The molecule has 0 spiro atoms.